The molecule has 0 saturated heterocycles. The minimum atomic E-state index is -1.18. The van der Waals surface area contributed by atoms with Crippen molar-refractivity contribution in [1.29, 1.82) is 0 Å². The van der Waals surface area contributed by atoms with E-state index in [0.29, 0.717) is 10.6 Å². The molecular weight excluding hydrogens is 286 g/mol. The average molecular weight is 297 g/mol. The van der Waals surface area contributed by atoms with Gasteiger partial charge in [0.1, 0.15) is 5.69 Å². The molecule has 0 fully saturated rings. The summed E-state index contributed by atoms with van der Waals surface area (Å²) in [7, 11) is 0. The molecule has 2 aromatic carbocycles. The van der Waals surface area contributed by atoms with Crippen LogP contribution in [0.4, 0.5) is 20.2 Å². The van der Waals surface area contributed by atoms with Crippen LogP contribution in [0.2, 0.25) is 5.02 Å². The lowest BCUT2D eigenvalue weighted by Gasteiger charge is -2.10. The molecule has 0 aliphatic heterocycles. The van der Waals surface area contributed by atoms with Crippen molar-refractivity contribution in [2.24, 2.45) is 0 Å². The van der Waals surface area contributed by atoms with E-state index in [1.165, 1.54) is 6.07 Å². The standard InChI is InChI=1S/C14H11ClF2N2O/c15-9-3-1-2-8(6-9)7-12(20)19-14-11(18)5-4-10(16)13(14)17/h1-6H,7,18H2,(H,19,20). The highest BCUT2D eigenvalue weighted by Gasteiger charge is 2.14. The summed E-state index contributed by atoms with van der Waals surface area (Å²) in [5, 5.41) is 2.76. The van der Waals surface area contributed by atoms with Gasteiger partial charge < -0.3 is 11.1 Å². The van der Waals surface area contributed by atoms with E-state index in [0.717, 1.165) is 6.07 Å². The molecule has 6 heteroatoms. The van der Waals surface area contributed by atoms with Crippen LogP contribution in [0.1, 0.15) is 5.56 Å². The van der Waals surface area contributed by atoms with Gasteiger partial charge in [-0.3, -0.25) is 4.79 Å². The summed E-state index contributed by atoms with van der Waals surface area (Å²) in [6.07, 6.45) is -0.0179. The third kappa shape index (κ3) is 3.24. The number of halogens is 3. The fourth-order valence-electron chi connectivity index (χ4n) is 1.71. The van der Waals surface area contributed by atoms with E-state index < -0.39 is 17.5 Å². The molecule has 104 valence electrons. The zero-order valence-corrected chi connectivity index (χ0v) is 11.0. The lowest BCUT2D eigenvalue weighted by molar-refractivity contribution is -0.115. The first-order chi connectivity index (χ1) is 9.47. The van der Waals surface area contributed by atoms with Crippen molar-refractivity contribution in [3.05, 3.63) is 58.6 Å². The molecule has 0 radical (unpaired) electrons. The highest BCUT2D eigenvalue weighted by atomic mass is 35.5. The van der Waals surface area contributed by atoms with Crippen LogP contribution in [0.3, 0.4) is 0 Å². The molecular formula is C14H11ClF2N2O. The molecule has 0 bridgehead atoms. The second-order valence-electron chi connectivity index (χ2n) is 4.18. The molecule has 0 spiro atoms. The first kappa shape index (κ1) is 14.3. The number of nitrogens with two attached hydrogens (primary N) is 1. The normalized spacial score (nSPS) is 10.3. The van der Waals surface area contributed by atoms with Crippen molar-refractivity contribution in [2.75, 3.05) is 11.1 Å². The first-order valence-corrected chi connectivity index (χ1v) is 6.13. The number of carbonyl (C=O) groups is 1. The van der Waals surface area contributed by atoms with Crippen molar-refractivity contribution in [1.82, 2.24) is 0 Å². The molecule has 2 rings (SSSR count). The van der Waals surface area contributed by atoms with Crippen LogP contribution in [0.5, 0.6) is 0 Å². The SMILES string of the molecule is Nc1ccc(F)c(F)c1NC(=O)Cc1cccc(Cl)c1. The van der Waals surface area contributed by atoms with Crippen LogP contribution in [0.25, 0.3) is 0 Å². The van der Waals surface area contributed by atoms with Crippen LogP contribution in [-0.2, 0) is 11.2 Å². The van der Waals surface area contributed by atoms with E-state index in [1.807, 2.05) is 0 Å². The number of nitrogen functional groups attached to an aromatic ring is 1. The van der Waals surface area contributed by atoms with Crippen LogP contribution in [0, 0.1) is 11.6 Å². The molecule has 3 N–H and O–H groups in total. The quantitative estimate of drug-likeness (QED) is 0.853. The molecule has 2 aromatic rings. The fourth-order valence-corrected chi connectivity index (χ4v) is 1.92. The Labute approximate surface area is 119 Å². The van der Waals surface area contributed by atoms with Crippen LogP contribution < -0.4 is 11.1 Å². The Morgan fingerprint density at radius 3 is 2.70 bits per heavy atom. The summed E-state index contributed by atoms with van der Waals surface area (Å²) < 4.78 is 26.6. The lowest BCUT2D eigenvalue weighted by Crippen LogP contribution is -2.17. The molecule has 3 nitrogen and oxygen atoms in total. The number of amides is 1. The molecule has 1 amide bonds. The van der Waals surface area contributed by atoms with Gasteiger partial charge in [0, 0.05) is 5.02 Å². The average Bonchev–Trinajstić information content (AvgIpc) is 2.39. The van der Waals surface area contributed by atoms with Gasteiger partial charge in [0.05, 0.1) is 12.1 Å². The topological polar surface area (TPSA) is 55.1 Å². The second kappa shape index (κ2) is 5.88. The predicted molar refractivity (Wildman–Crippen MR) is 74.6 cm³/mol. The zero-order valence-electron chi connectivity index (χ0n) is 10.3. The Morgan fingerprint density at radius 1 is 1.25 bits per heavy atom. The smallest absolute Gasteiger partial charge is 0.228 e. The summed E-state index contributed by atoms with van der Waals surface area (Å²) in [5.74, 6) is -2.76. The van der Waals surface area contributed by atoms with Gasteiger partial charge in [-0.15, -0.1) is 0 Å². The maximum absolute atomic E-state index is 13.5. The lowest BCUT2D eigenvalue weighted by atomic mass is 10.1. The summed E-state index contributed by atoms with van der Waals surface area (Å²) in [6.45, 7) is 0. The Hall–Kier alpha value is -2.14. The number of nitrogens with one attached hydrogen (secondary N) is 1. The monoisotopic (exact) mass is 296 g/mol. The van der Waals surface area contributed by atoms with Crippen molar-refractivity contribution < 1.29 is 13.6 Å². The summed E-state index contributed by atoms with van der Waals surface area (Å²) in [5.41, 5.74) is 5.78. The number of rotatable bonds is 3. The van der Waals surface area contributed by atoms with E-state index in [9.17, 15) is 13.6 Å². The van der Waals surface area contributed by atoms with E-state index in [2.05, 4.69) is 5.32 Å². The largest absolute Gasteiger partial charge is 0.397 e. The number of carbonyl (C=O) groups excluding carboxylic acids is 1. The Balaban J connectivity index is 2.15. The molecule has 0 saturated carbocycles. The van der Waals surface area contributed by atoms with Crippen molar-refractivity contribution in [2.45, 2.75) is 6.42 Å². The van der Waals surface area contributed by atoms with Crippen LogP contribution >= 0.6 is 11.6 Å². The van der Waals surface area contributed by atoms with Gasteiger partial charge >= 0.3 is 0 Å². The van der Waals surface area contributed by atoms with Crippen molar-refractivity contribution in [3.63, 3.8) is 0 Å². The molecule has 20 heavy (non-hydrogen) atoms. The second-order valence-corrected chi connectivity index (χ2v) is 4.62. The van der Waals surface area contributed by atoms with Gasteiger partial charge in [0.15, 0.2) is 11.6 Å². The molecule has 0 aliphatic carbocycles. The third-order valence-electron chi connectivity index (χ3n) is 2.65. The maximum atomic E-state index is 13.5. The minimum absolute atomic E-state index is 0.0179. The molecule has 0 atom stereocenters. The minimum Gasteiger partial charge on any atom is -0.397 e. The number of hydrogen-bond acceptors (Lipinski definition) is 2. The predicted octanol–water partition coefficient (Wildman–Crippen LogP) is 3.38. The van der Waals surface area contributed by atoms with Gasteiger partial charge in [-0.1, -0.05) is 23.7 Å². The molecule has 0 aliphatic rings. The van der Waals surface area contributed by atoms with Crippen molar-refractivity contribution >= 4 is 28.9 Å². The van der Waals surface area contributed by atoms with Gasteiger partial charge in [0.2, 0.25) is 5.91 Å². The molecule has 0 aromatic heterocycles. The van der Waals surface area contributed by atoms with Crippen molar-refractivity contribution in [3.8, 4) is 0 Å². The van der Waals surface area contributed by atoms with Gasteiger partial charge in [-0.25, -0.2) is 8.78 Å². The zero-order chi connectivity index (χ0) is 14.7. The highest BCUT2D eigenvalue weighted by Crippen LogP contribution is 2.24. The van der Waals surface area contributed by atoms with Gasteiger partial charge in [0.25, 0.3) is 0 Å². The maximum Gasteiger partial charge on any atom is 0.228 e. The summed E-state index contributed by atoms with van der Waals surface area (Å²) in [4.78, 5) is 11.8. The summed E-state index contributed by atoms with van der Waals surface area (Å²) >= 11 is 5.80. The molecule has 0 unspecified atom stereocenters. The summed E-state index contributed by atoms with van der Waals surface area (Å²) in [6, 6.07) is 8.78. The Bertz CT molecular complexity index is 662. The number of hydrogen-bond donors (Lipinski definition) is 2. The van der Waals surface area contributed by atoms with Crippen LogP contribution in [-0.4, -0.2) is 5.91 Å². The van der Waals surface area contributed by atoms with Gasteiger partial charge in [-0.05, 0) is 29.8 Å². The van der Waals surface area contributed by atoms with Gasteiger partial charge in [-0.2, -0.15) is 0 Å². The fraction of sp³-hybridized carbons (Fsp3) is 0.0714. The number of anilines is 2. The highest BCUT2D eigenvalue weighted by molar-refractivity contribution is 6.30. The van der Waals surface area contributed by atoms with E-state index in [4.69, 9.17) is 17.3 Å². The molecule has 0 heterocycles. The van der Waals surface area contributed by atoms with Crippen LogP contribution in [0.15, 0.2) is 36.4 Å². The Morgan fingerprint density at radius 2 is 2.00 bits per heavy atom. The van der Waals surface area contributed by atoms with E-state index in [1.54, 1.807) is 24.3 Å². The third-order valence-corrected chi connectivity index (χ3v) is 2.88. The van der Waals surface area contributed by atoms with E-state index >= 15 is 0 Å². The number of benzene rings is 2. The Kier molecular flexibility index (Phi) is 4.20. The first-order valence-electron chi connectivity index (χ1n) is 5.75. The van der Waals surface area contributed by atoms with E-state index in [-0.39, 0.29) is 17.8 Å².